The smallest absolute Gasteiger partial charge is 0.224 e. The molecule has 1 heterocycles. The largest absolute Gasteiger partial charge is 0.352 e. The Kier molecular flexibility index (Phi) is 4.07. The molecular weight excluding hydrogens is 224 g/mol. The summed E-state index contributed by atoms with van der Waals surface area (Å²) in [5.74, 6) is 0.0303. The van der Waals surface area contributed by atoms with Crippen molar-refractivity contribution in [1.29, 1.82) is 0 Å². The Hall–Kier alpha value is -2.16. The lowest BCUT2D eigenvalue weighted by molar-refractivity contribution is -0.120. The highest BCUT2D eigenvalue weighted by Gasteiger charge is 2.02. The maximum atomic E-state index is 11.7. The molecule has 0 bridgehead atoms. The van der Waals surface area contributed by atoms with E-state index in [1.54, 1.807) is 12.4 Å². The SMILES string of the molecule is Cc1cccc(CNC(=O)Cc2ccncc2)c1. The molecule has 0 fully saturated rings. The number of hydrogen-bond acceptors (Lipinski definition) is 2. The zero-order chi connectivity index (χ0) is 12.8. The highest BCUT2D eigenvalue weighted by molar-refractivity contribution is 5.78. The van der Waals surface area contributed by atoms with Gasteiger partial charge in [-0.2, -0.15) is 0 Å². The van der Waals surface area contributed by atoms with Crippen LogP contribution in [0.25, 0.3) is 0 Å². The number of pyridine rings is 1. The molecule has 3 heteroatoms. The van der Waals surface area contributed by atoms with Crippen molar-refractivity contribution in [2.45, 2.75) is 19.9 Å². The van der Waals surface area contributed by atoms with E-state index in [0.717, 1.165) is 11.1 Å². The molecule has 0 spiro atoms. The van der Waals surface area contributed by atoms with Crippen LogP contribution in [0.2, 0.25) is 0 Å². The van der Waals surface area contributed by atoms with E-state index in [0.29, 0.717) is 13.0 Å². The van der Waals surface area contributed by atoms with Gasteiger partial charge in [0.05, 0.1) is 6.42 Å². The molecular formula is C15H16N2O. The van der Waals surface area contributed by atoms with Gasteiger partial charge in [0, 0.05) is 18.9 Å². The topological polar surface area (TPSA) is 42.0 Å². The molecule has 3 nitrogen and oxygen atoms in total. The normalized spacial score (nSPS) is 10.1. The summed E-state index contributed by atoms with van der Waals surface area (Å²) in [4.78, 5) is 15.7. The predicted molar refractivity (Wildman–Crippen MR) is 71.0 cm³/mol. The van der Waals surface area contributed by atoms with Crippen LogP contribution < -0.4 is 5.32 Å². The molecule has 92 valence electrons. The molecule has 1 N–H and O–H groups in total. The standard InChI is InChI=1S/C15H16N2O/c1-12-3-2-4-14(9-12)11-17-15(18)10-13-5-7-16-8-6-13/h2-9H,10-11H2,1H3,(H,17,18). The summed E-state index contributed by atoms with van der Waals surface area (Å²) in [5.41, 5.74) is 3.31. The first-order valence-corrected chi connectivity index (χ1v) is 5.95. The molecule has 0 aliphatic carbocycles. The van der Waals surface area contributed by atoms with Crippen molar-refractivity contribution in [1.82, 2.24) is 10.3 Å². The molecule has 1 aromatic carbocycles. The molecule has 0 atom stereocenters. The number of amides is 1. The van der Waals surface area contributed by atoms with Crippen LogP contribution in [-0.4, -0.2) is 10.9 Å². The third kappa shape index (κ3) is 3.70. The summed E-state index contributed by atoms with van der Waals surface area (Å²) in [6.45, 7) is 2.62. The summed E-state index contributed by atoms with van der Waals surface area (Å²) >= 11 is 0. The number of aromatic nitrogens is 1. The number of benzene rings is 1. The molecule has 18 heavy (non-hydrogen) atoms. The second kappa shape index (κ2) is 5.96. The van der Waals surface area contributed by atoms with E-state index in [1.807, 2.05) is 37.3 Å². The summed E-state index contributed by atoms with van der Waals surface area (Å²) in [5, 5.41) is 2.92. The number of nitrogens with one attached hydrogen (secondary N) is 1. The molecule has 0 aliphatic heterocycles. The molecule has 0 saturated heterocycles. The zero-order valence-electron chi connectivity index (χ0n) is 10.4. The fourth-order valence-electron chi connectivity index (χ4n) is 1.77. The average molecular weight is 240 g/mol. The van der Waals surface area contributed by atoms with E-state index in [9.17, 15) is 4.79 Å². The van der Waals surface area contributed by atoms with E-state index >= 15 is 0 Å². The Labute approximate surface area is 107 Å². The fraction of sp³-hybridized carbons (Fsp3) is 0.200. The summed E-state index contributed by atoms with van der Waals surface area (Å²) in [6.07, 6.45) is 3.79. The summed E-state index contributed by atoms with van der Waals surface area (Å²) in [7, 11) is 0. The van der Waals surface area contributed by atoms with Crippen LogP contribution in [0.1, 0.15) is 16.7 Å². The third-order valence-corrected chi connectivity index (χ3v) is 2.69. The monoisotopic (exact) mass is 240 g/mol. The van der Waals surface area contributed by atoms with Gasteiger partial charge < -0.3 is 5.32 Å². The fourth-order valence-corrected chi connectivity index (χ4v) is 1.77. The van der Waals surface area contributed by atoms with Crippen molar-refractivity contribution in [3.8, 4) is 0 Å². The Morgan fingerprint density at radius 3 is 2.67 bits per heavy atom. The van der Waals surface area contributed by atoms with Crippen LogP contribution in [-0.2, 0) is 17.8 Å². The summed E-state index contributed by atoms with van der Waals surface area (Å²) in [6, 6.07) is 11.8. The second-order valence-electron chi connectivity index (χ2n) is 4.30. The van der Waals surface area contributed by atoms with Gasteiger partial charge in [-0.25, -0.2) is 0 Å². The van der Waals surface area contributed by atoms with Gasteiger partial charge in [0.25, 0.3) is 0 Å². The van der Waals surface area contributed by atoms with Crippen LogP contribution in [0.3, 0.4) is 0 Å². The van der Waals surface area contributed by atoms with Crippen molar-refractivity contribution in [3.05, 3.63) is 65.5 Å². The van der Waals surface area contributed by atoms with E-state index in [4.69, 9.17) is 0 Å². The number of carbonyl (C=O) groups excluding carboxylic acids is 1. The number of hydrogen-bond donors (Lipinski definition) is 1. The average Bonchev–Trinajstić information content (AvgIpc) is 2.38. The van der Waals surface area contributed by atoms with Gasteiger partial charge >= 0.3 is 0 Å². The molecule has 1 aromatic heterocycles. The van der Waals surface area contributed by atoms with Crippen LogP contribution in [0.5, 0.6) is 0 Å². The number of aryl methyl sites for hydroxylation is 1. The maximum absolute atomic E-state index is 11.7. The minimum absolute atomic E-state index is 0.0303. The van der Waals surface area contributed by atoms with Crippen LogP contribution in [0.4, 0.5) is 0 Å². The van der Waals surface area contributed by atoms with Gasteiger partial charge in [0.15, 0.2) is 0 Å². The number of nitrogens with zero attached hydrogens (tertiary/aromatic N) is 1. The molecule has 0 radical (unpaired) electrons. The van der Waals surface area contributed by atoms with Crippen molar-refractivity contribution >= 4 is 5.91 Å². The first kappa shape index (κ1) is 12.3. The minimum atomic E-state index is 0.0303. The minimum Gasteiger partial charge on any atom is -0.352 e. The number of rotatable bonds is 4. The lowest BCUT2D eigenvalue weighted by atomic mass is 10.1. The second-order valence-corrected chi connectivity index (χ2v) is 4.30. The third-order valence-electron chi connectivity index (χ3n) is 2.69. The van der Waals surface area contributed by atoms with E-state index < -0.39 is 0 Å². The molecule has 2 rings (SSSR count). The van der Waals surface area contributed by atoms with Gasteiger partial charge in [-0.3, -0.25) is 9.78 Å². The first-order chi connectivity index (χ1) is 8.74. The Bertz CT molecular complexity index is 523. The summed E-state index contributed by atoms with van der Waals surface area (Å²) < 4.78 is 0. The lowest BCUT2D eigenvalue weighted by Gasteiger charge is -2.06. The predicted octanol–water partition coefficient (Wildman–Crippen LogP) is 2.25. The highest BCUT2D eigenvalue weighted by Crippen LogP contribution is 2.03. The van der Waals surface area contributed by atoms with Crippen molar-refractivity contribution in [2.75, 3.05) is 0 Å². The molecule has 1 amide bonds. The number of carbonyl (C=O) groups is 1. The van der Waals surface area contributed by atoms with Gasteiger partial charge in [0.2, 0.25) is 5.91 Å². The van der Waals surface area contributed by atoms with Gasteiger partial charge in [-0.1, -0.05) is 29.8 Å². The molecule has 0 saturated carbocycles. The molecule has 0 aliphatic rings. The van der Waals surface area contributed by atoms with Crippen molar-refractivity contribution in [3.63, 3.8) is 0 Å². The molecule has 0 unspecified atom stereocenters. The first-order valence-electron chi connectivity index (χ1n) is 5.95. The highest BCUT2D eigenvalue weighted by atomic mass is 16.1. The van der Waals surface area contributed by atoms with Crippen LogP contribution >= 0.6 is 0 Å². The van der Waals surface area contributed by atoms with E-state index in [2.05, 4.69) is 16.4 Å². The Morgan fingerprint density at radius 2 is 1.94 bits per heavy atom. The Morgan fingerprint density at radius 1 is 1.17 bits per heavy atom. The lowest BCUT2D eigenvalue weighted by Crippen LogP contribution is -2.24. The van der Waals surface area contributed by atoms with E-state index in [-0.39, 0.29) is 5.91 Å². The maximum Gasteiger partial charge on any atom is 0.224 e. The van der Waals surface area contributed by atoms with E-state index in [1.165, 1.54) is 5.56 Å². The Balaban J connectivity index is 1.85. The van der Waals surface area contributed by atoms with Crippen molar-refractivity contribution in [2.24, 2.45) is 0 Å². The quantitative estimate of drug-likeness (QED) is 0.890. The van der Waals surface area contributed by atoms with Gasteiger partial charge in [-0.05, 0) is 30.2 Å². The van der Waals surface area contributed by atoms with Gasteiger partial charge in [-0.15, -0.1) is 0 Å². The zero-order valence-corrected chi connectivity index (χ0v) is 10.4. The van der Waals surface area contributed by atoms with Crippen LogP contribution in [0, 0.1) is 6.92 Å². The molecule has 2 aromatic rings. The van der Waals surface area contributed by atoms with Gasteiger partial charge in [0.1, 0.15) is 0 Å². The van der Waals surface area contributed by atoms with Crippen molar-refractivity contribution < 1.29 is 4.79 Å². The van der Waals surface area contributed by atoms with Crippen LogP contribution in [0.15, 0.2) is 48.8 Å².